The first-order valence-corrected chi connectivity index (χ1v) is 7.29. The van der Waals surface area contributed by atoms with Gasteiger partial charge >= 0.3 is 0 Å². The molecular formula is C15H22ClNO3. The molecule has 1 aromatic carbocycles. The molecule has 0 spiro atoms. The second-order valence-electron chi connectivity index (χ2n) is 5.84. The Morgan fingerprint density at radius 1 is 1.30 bits per heavy atom. The van der Waals surface area contributed by atoms with Gasteiger partial charge in [0, 0.05) is 19.7 Å². The highest BCUT2D eigenvalue weighted by atomic mass is 35.5. The third-order valence-corrected chi connectivity index (χ3v) is 3.66. The molecule has 0 unspecified atom stereocenters. The van der Waals surface area contributed by atoms with Crippen molar-refractivity contribution in [3.63, 3.8) is 0 Å². The van der Waals surface area contributed by atoms with E-state index >= 15 is 0 Å². The van der Waals surface area contributed by atoms with Crippen LogP contribution in [0.5, 0.6) is 11.5 Å². The molecule has 0 fully saturated rings. The minimum absolute atomic E-state index is 0.0758. The molecule has 0 saturated carbocycles. The van der Waals surface area contributed by atoms with Crippen LogP contribution in [-0.4, -0.2) is 31.5 Å². The van der Waals surface area contributed by atoms with Crippen molar-refractivity contribution in [3.8, 4) is 11.5 Å². The number of ether oxygens (including phenoxy) is 2. The third-order valence-electron chi connectivity index (χ3n) is 3.38. The van der Waals surface area contributed by atoms with E-state index in [4.69, 9.17) is 26.2 Å². The summed E-state index contributed by atoms with van der Waals surface area (Å²) in [6.45, 7) is 7.12. The first kappa shape index (κ1) is 15.4. The van der Waals surface area contributed by atoms with Gasteiger partial charge in [0.2, 0.25) is 0 Å². The zero-order valence-corrected chi connectivity index (χ0v) is 12.8. The molecule has 1 aliphatic rings. The largest absolute Gasteiger partial charge is 0.486 e. The van der Waals surface area contributed by atoms with E-state index in [1.165, 1.54) is 0 Å². The first-order valence-electron chi connectivity index (χ1n) is 6.91. The number of benzene rings is 1. The predicted octanol–water partition coefficient (Wildman–Crippen LogP) is 2.61. The Hall–Kier alpha value is -0.970. The molecule has 0 aromatic heterocycles. The number of hydrogen-bond donors (Lipinski definition) is 2. The maximum absolute atomic E-state index is 9.01. The topological polar surface area (TPSA) is 50.7 Å². The Bertz CT molecular complexity index is 463. The van der Waals surface area contributed by atoms with Crippen molar-refractivity contribution in [2.45, 2.75) is 26.8 Å². The van der Waals surface area contributed by atoms with Gasteiger partial charge in [0.05, 0.1) is 5.02 Å². The normalized spacial score (nSPS) is 14.4. The lowest BCUT2D eigenvalue weighted by atomic mass is 9.90. The molecule has 0 atom stereocenters. The van der Waals surface area contributed by atoms with Gasteiger partial charge in [-0.1, -0.05) is 25.4 Å². The Labute approximate surface area is 125 Å². The van der Waals surface area contributed by atoms with Gasteiger partial charge in [-0.05, 0) is 29.5 Å². The first-order chi connectivity index (χ1) is 9.52. The van der Waals surface area contributed by atoms with Crippen LogP contribution in [0.25, 0.3) is 0 Å². The zero-order valence-electron chi connectivity index (χ0n) is 12.0. The van der Waals surface area contributed by atoms with Gasteiger partial charge in [0.25, 0.3) is 0 Å². The van der Waals surface area contributed by atoms with Crippen LogP contribution in [0.3, 0.4) is 0 Å². The number of fused-ring (bicyclic) bond motifs is 1. The van der Waals surface area contributed by atoms with E-state index in [0.717, 1.165) is 24.3 Å². The van der Waals surface area contributed by atoms with Crippen molar-refractivity contribution >= 4 is 11.6 Å². The van der Waals surface area contributed by atoms with Crippen molar-refractivity contribution in [2.75, 3.05) is 26.4 Å². The molecule has 112 valence electrons. The molecule has 0 aliphatic carbocycles. The maximum atomic E-state index is 9.01. The van der Waals surface area contributed by atoms with Gasteiger partial charge in [0.1, 0.15) is 13.2 Å². The summed E-state index contributed by atoms with van der Waals surface area (Å²) in [4.78, 5) is 0. The second kappa shape index (κ2) is 6.66. The highest BCUT2D eigenvalue weighted by Gasteiger charge is 2.18. The van der Waals surface area contributed by atoms with Gasteiger partial charge in [-0.15, -0.1) is 0 Å². The molecule has 0 saturated heterocycles. The number of aliphatic hydroxyl groups is 1. The molecule has 2 rings (SSSR count). The Morgan fingerprint density at radius 2 is 2.05 bits per heavy atom. The summed E-state index contributed by atoms with van der Waals surface area (Å²) in [6.07, 6.45) is 0.780. The van der Waals surface area contributed by atoms with Crippen LogP contribution in [0.1, 0.15) is 25.8 Å². The van der Waals surface area contributed by atoms with Gasteiger partial charge < -0.3 is 19.9 Å². The van der Waals surface area contributed by atoms with Crippen LogP contribution in [0.4, 0.5) is 0 Å². The summed E-state index contributed by atoms with van der Waals surface area (Å²) in [5, 5.41) is 13.0. The molecule has 0 bridgehead atoms. The van der Waals surface area contributed by atoms with Gasteiger partial charge in [0.15, 0.2) is 11.5 Å². The van der Waals surface area contributed by atoms with E-state index in [2.05, 4.69) is 19.2 Å². The van der Waals surface area contributed by atoms with Crippen molar-refractivity contribution in [1.82, 2.24) is 5.32 Å². The predicted molar refractivity (Wildman–Crippen MR) is 79.6 cm³/mol. The summed E-state index contributed by atoms with van der Waals surface area (Å²) >= 11 is 6.20. The quantitative estimate of drug-likeness (QED) is 0.848. The van der Waals surface area contributed by atoms with Crippen molar-refractivity contribution in [1.29, 1.82) is 0 Å². The Balaban J connectivity index is 1.95. The molecule has 20 heavy (non-hydrogen) atoms. The summed E-state index contributed by atoms with van der Waals surface area (Å²) in [7, 11) is 0. The number of hydrogen-bond acceptors (Lipinski definition) is 4. The average molecular weight is 300 g/mol. The zero-order chi connectivity index (χ0) is 14.6. The SMILES string of the molecule is CC(C)(CCO)CNCc1cc(Cl)c2c(c1)OCCO2. The van der Waals surface area contributed by atoms with Crippen LogP contribution in [0, 0.1) is 5.41 Å². The number of rotatable bonds is 6. The summed E-state index contributed by atoms with van der Waals surface area (Å²) < 4.78 is 11.1. The Kier molecular flexibility index (Phi) is 5.13. The van der Waals surface area contributed by atoms with Crippen LogP contribution >= 0.6 is 11.6 Å². The third kappa shape index (κ3) is 4.01. The van der Waals surface area contributed by atoms with E-state index in [1.807, 2.05) is 12.1 Å². The summed E-state index contributed by atoms with van der Waals surface area (Å²) in [5.74, 6) is 1.36. The highest BCUT2D eigenvalue weighted by molar-refractivity contribution is 6.32. The molecular weight excluding hydrogens is 278 g/mol. The van der Waals surface area contributed by atoms with Crippen LogP contribution < -0.4 is 14.8 Å². The van der Waals surface area contributed by atoms with Crippen molar-refractivity contribution in [3.05, 3.63) is 22.7 Å². The fourth-order valence-corrected chi connectivity index (χ4v) is 2.49. The summed E-state index contributed by atoms with van der Waals surface area (Å²) in [5.41, 5.74) is 1.14. The number of aliphatic hydroxyl groups excluding tert-OH is 1. The standard InChI is InChI=1S/C15H22ClNO3/c1-15(2,3-4-18)10-17-9-11-7-12(16)14-13(8-11)19-5-6-20-14/h7-8,17-18H,3-6,9-10H2,1-2H3. The monoisotopic (exact) mass is 299 g/mol. The minimum atomic E-state index is 0.0758. The highest BCUT2D eigenvalue weighted by Crippen LogP contribution is 2.38. The van der Waals surface area contributed by atoms with Crippen molar-refractivity contribution < 1.29 is 14.6 Å². The molecule has 0 radical (unpaired) electrons. The molecule has 5 heteroatoms. The van der Waals surface area contributed by atoms with Gasteiger partial charge in [-0.2, -0.15) is 0 Å². The van der Waals surface area contributed by atoms with Crippen LogP contribution in [0.2, 0.25) is 5.02 Å². The lowest BCUT2D eigenvalue weighted by Crippen LogP contribution is -2.30. The molecule has 0 amide bonds. The van der Waals surface area contributed by atoms with Crippen LogP contribution in [-0.2, 0) is 6.54 Å². The Morgan fingerprint density at radius 3 is 2.80 bits per heavy atom. The van der Waals surface area contributed by atoms with E-state index in [0.29, 0.717) is 30.5 Å². The maximum Gasteiger partial charge on any atom is 0.179 e. The van der Waals surface area contributed by atoms with E-state index in [1.54, 1.807) is 0 Å². The summed E-state index contributed by atoms with van der Waals surface area (Å²) in [6, 6.07) is 3.87. The fraction of sp³-hybridized carbons (Fsp3) is 0.600. The second-order valence-corrected chi connectivity index (χ2v) is 6.25. The molecule has 1 heterocycles. The number of nitrogens with one attached hydrogen (secondary N) is 1. The lowest BCUT2D eigenvalue weighted by molar-refractivity contribution is 0.171. The van der Waals surface area contributed by atoms with Gasteiger partial charge in [-0.25, -0.2) is 0 Å². The molecule has 1 aromatic rings. The average Bonchev–Trinajstić information content (AvgIpc) is 2.38. The minimum Gasteiger partial charge on any atom is -0.486 e. The van der Waals surface area contributed by atoms with E-state index in [9.17, 15) is 0 Å². The number of halogens is 1. The van der Waals surface area contributed by atoms with E-state index in [-0.39, 0.29) is 12.0 Å². The van der Waals surface area contributed by atoms with Crippen LogP contribution in [0.15, 0.2) is 12.1 Å². The molecule has 4 nitrogen and oxygen atoms in total. The lowest BCUT2D eigenvalue weighted by Gasteiger charge is -2.24. The molecule has 1 aliphatic heterocycles. The molecule has 2 N–H and O–H groups in total. The van der Waals surface area contributed by atoms with Crippen molar-refractivity contribution in [2.24, 2.45) is 5.41 Å². The van der Waals surface area contributed by atoms with E-state index < -0.39 is 0 Å². The fourth-order valence-electron chi connectivity index (χ4n) is 2.20. The van der Waals surface area contributed by atoms with Gasteiger partial charge in [-0.3, -0.25) is 0 Å². The smallest absolute Gasteiger partial charge is 0.179 e.